The summed E-state index contributed by atoms with van der Waals surface area (Å²) in [6, 6.07) is 0. The predicted octanol–water partition coefficient (Wildman–Crippen LogP) is 3.49. The number of hydrogen-bond acceptors (Lipinski definition) is 2. The number of halogens is 8. The van der Waals surface area contributed by atoms with E-state index in [1.54, 1.807) is 13.8 Å². The van der Waals surface area contributed by atoms with Crippen LogP contribution in [0.25, 0.3) is 0 Å². The highest BCUT2D eigenvalue weighted by molar-refractivity contribution is 6.31. The van der Waals surface area contributed by atoms with Crippen molar-refractivity contribution in [2.45, 2.75) is 44.8 Å². The van der Waals surface area contributed by atoms with Gasteiger partial charge in [0.1, 0.15) is 0 Å². The van der Waals surface area contributed by atoms with E-state index in [9.17, 15) is 35.5 Å². The Hall–Kier alpha value is -1.52. The van der Waals surface area contributed by atoms with Crippen molar-refractivity contribution >= 4 is 17.5 Å². The number of aryl methyl sites for hydroxylation is 2. The van der Waals surface area contributed by atoms with Crippen LogP contribution in [-0.2, 0) is 11.3 Å². The van der Waals surface area contributed by atoms with Gasteiger partial charge < -0.3 is 5.32 Å². The first-order valence-electron chi connectivity index (χ1n) is 6.53. The van der Waals surface area contributed by atoms with E-state index >= 15 is 0 Å². The van der Waals surface area contributed by atoms with Crippen molar-refractivity contribution < 1.29 is 35.5 Å². The Morgan fingerprint density at radius 2 is 1.71 bits per heavy atom. The summed E-state index contributed by atoms with van der Waals surface area (Å²) in [5, 5.41) is 5.76. The molecule has 0 bridgehead atoms. The minimum absolute atomic E-state index is 0.0301. The number of carbonyl (C=O) groups is 1. The SMILES string of the molecule is Cc1nn(CCCNC(=O)C(F)(F)C(F)(F)C(F)(F)F)c(C)c1Cl. The summed E-state index contributed by atoms with van der Waals surface area (Å²) in [6.07, 6.45) is -6.58. The van der Waals surface area contributed by atoms with Gasteiger partial charge in [0.2, 0.25) is 0 Å². The summed E-state index contributed by atoms with van der Waals surface area (Å²) in [6.45, 7) is 2.80. The highest BCUT2D eigenvalue weighted by Gasteiger charge is 2.76. The van der Waals surface area contributed by atoms with Crippen LogP contribution >= 0.6 is 11.6 Å². The van der Waals surface area contributed by atoms with Crippen LogP contribution in [0.2, 0.25) is 5.02 Å². The van der Waals surface area contributed by atoms with Crippen molar-refractivity contribution in [2.75, 3.05) is 6.54 Å². The number of rotatable bonds is 6. The molecule has 0 aliphatic rings. The average molecular weight is 384 g/mol. The number of amides is 1. The number of carbonyl (C=O) groups excluding carboxylic acids is 1. The van der Waals surface area contributed by atoms with Gasteiger partial charge in [-0.15, -0.1) is 0 Å². The van der Waals surface area contributed by atoms with E-state index in [1.807, 2.05) is 0 Å². The maximum absolute atomic E-state index is 13.0. The van der Waals surface area contributed by atoms with Gasteiger partial charge in [-0.2, -0.15) is 35.8 Å². The Morgan fingerprint density at radius 1 is 1.17 bits per heavy atom. The second-order valence-corrected chi connectivity index (χ2v) is 5.34. The molecule has 0 radical (unpaired) electrons. The molecule has 1 heterocycles. The molecule has 0 saturated carbocycles. The number of aromatic nitrogens is 2. The average Bonchev–Trinajstić information content (AvgIpc) is 2.69. The van der Waals surface area contributed by atoms with Gasteiger partial charge in [-0.05, 0) is 20.3 Å². The van der Waals surface area contributed by atoms with E-state index in [-0.39, 0.29) is 13.0 Å². The molecule has 1 amide bonds. The minimum atomic E-state index is -6.55. The molecule has 0 atom stereocenters. The fraction of sp³-hybridized carbons (Fsp3) is 0.667. The lowest BCUT2D eigenvalue weighted by Gasteiger charge is -2.27. The largest absolute Gasteiger partial charge is 0.460 e. The zero-order valence-corrected chi connectivity index (χ0v) is 13.2. The van der Waals surface area contributed by atoms with Crippen molar-refractivity contribution in [3.8, 4) is 0 Å². The Labute approximate surface area is 136 Å². The maximum Gasteiger partial charge on any atom is 0.460 e. The molecule has 0 aliphatic heterocycles. The third kappa shape index (κ3) is 3.76. The van der Waals surface area contributed by atoms with Gasteiger partial charge in [0.25, 0.3) is 5.91 Å². The Balaban J connectivity index is 2.61. The summed E-state index contributed by atoms with van der Waals surface area (Å²) in [7, 11) is 0. The quantitative estimate of drug-likeness (QED) is 0.604. The van der Waals surface area contributed by atoms with Crippen LogP contribution in [0.5, 0.6) is 0 Å². The molecule has 1 N–H and O–H groups in total. The zero-order valence-electron chi connectivity index (χ0n) is 12.4. The molecule has 1 rings (SSSR count). The van der Waals surface area contributed by atoms with Crippen LogP contribution in [0.4, 0.5) is 30.7 Å². The normalized spacial score (nSPS) is 13.2. The van der Waals surface area contributed by atoms with E-state index in [2.05, 4.69) is 5.10 Å². The number of alkyl halides is 7. The first kappa shape index (κ1) is 20.5. The smallest absolute Gasteiger partial charge is 0.351 e. The molecule has 0 fully saturated rings. The van der Waals surface area contributed by atoms with Crippen LogP contribution in [-0.4, -0.2) is 40.3 Å². The molecule has 1 aromatic heterocycles. The van der Waals surface area contributed by atoms with Gasteiger partial charge in [-0.1, -0.05) is 11.6 Å². The maximum atomic E-state index is 13.0. The summed E-state index contributed by atoms with van der Waals surface area (Å²) in [5.41, 5.74) is 1.07. The molecule has 0 spiro atoms. The standard InChI is InChI=1S/C12H13ClF7N3O/c1-6-8(13)7(2)23(22-6)5-3-4-21-9(24)10(14,15)11(16,17)12(18,19)20/h3-5H2,1-2H3,(H,21,24). The number of nitrogens with one attached hydrogen (secondary N) is 1. The monoisotopic (exact) mass is 383 g/mol. The number of hydrogen-bond donors (Lipinski definition) is 1. The lowest BCUT2D eigenvalue weighted by Crippen LogP contribution is -2.59. The van der Waals surface area contributed by atoms with Crippen LogP contribution < -0.4 is 5.32 Å². The van der Waals surface area contributed by atoms with Crippen molar-refractivity contribution in [2.24, 2.45) is 0 Å². The van der Waals surface area contributed by atoms with E-state index in [1.165, 1.54) is 10.00 Å². The van der Waals surface area contributed by atoms with Crippen LogP contribution in [0, 0.1) is 13.8 Å². The lowest BCUT2D eigenvalue weighted by molar-refractivity contribution is -0.344. The van der Waals surface area contributed by atoms with Gasteiger partial charge in [0.15, 0.2) is 0 Å². The molecular formula is C12H13ClF7N3O. The third-order valence-electron chi connectivity index (χ3n) is 3.16. The second kappa shape index (κ2) is 6.77. The predicted molar refractivity (Wildman–Crippen MR) is 70.3 cm³/mol. The van der Waals surface area contributed by atoms with Crippen LogP contribution in [0.3, 0.4) is 0 Å². The zero-order chi connectivity index (χ0) is 18.9. The summed E-state index contributed by atoms with van der Waals surface area (Å²) in [4.78, 5) is 11.0. The summed E-state index contributed by atoms with van der Waals surface area (Å²) < 4.78 is 88.7. The van der Waals surface area contributed by atoms with Gasteiger partial charge in [-0.3, -0.25) is 9.48 Å². The lowest BCUT2D eigenvalue weighted by atomic mass is 10.1. The first-order valence-corrected chi connectivity index (χ1v) is 6.91. The van der Waals surface area contributed by atoms with Gasteiger partial charge in [0.05, 0.1) is 16.4 Å². The second-order valence-electron chi connectivity index (χ2n) is 4.96. The minimum Gasteiger partial charge on any atom is -0.351 e. The van der Waals surface area contributed by atoms with E-state index in [0.29, 0.717) is 16.4 Å². The molecule has 0 aromatic carbocycles. The highest BCUT2D eigenvalue weighted by Crippen LogP contribution is 2.46. The van der Waals surface area contributed by atoms with Crippen LogP contribution in [0.1, 0.15) is 17.8 Å². The van der Waals surface area contributed by atoms with Crippen molar-refractivity contribution in [3.05, 3.63) is 16.4 Å². The van der Waals surface area contributed by atoms with Crippen LogP contribution in [0.15, 0.2) is 0 Å². The molecular weight excluding hydrogens is 371 g/mol. The molecule has 0 aliphatic carbocycles. The van der Waals surface area contributed by atoms with Crippen molar-refractivity contribution in [1.82, 2.24) is 15.1 Å². The van der Waals surface area contributed by atoms with E-state index in [4.69, 9.17) is 11.6 Å². The summed E-state index contributed by atoms with van der Waals surface area (Å²) in [5.74, 6) is -15.1. The molecule has 0 saturated heterocycles. The molecule has 1 aromatic rings. The molecule has 138 valence electrons. The first-order chi connectivity index (χ1) is 10.7. The van der Waals surface area contributed by atoms with E-state index in [0.717, 1.165) is 0 Å². The molecule has 12 heteroatoms. The van der Waals surface area contributed by atoms with Gasteiger partial charge in [-0.25, -0.2) is 0 Å². The topological polar surface area (TPSA) is 46.9 Å². The van der Waals surface area contributed by atoms with Crippen molar-refractivity contribution in [1.29, 1.82) is 0 Å². The van der Waals surface area contributed by atoms with Gasteiger partial charge in [0, 0.05) is 13.1 Å². The highest BCUT2D eigenvalue weighted by atomic mass is 35.5. The molecule has 24 heavy (non-hydrogen) atoms. The third-order valence-corrected chi connectivity index (χ3v) is 3.71. The Bertz CT molecular complexity index is 613. The molecule has 4 nitrogen and oxygen atoms in total. The number of nitrogens with zero attached hydrogens (tertiary/aromatic N) is 2. The fourth-order valence-electron chi connectivity index (χ4n) is 1.76. The van der Waals surface area contributed by atoms with Crippen molar-refractivity contribution in [3.63, 3.8) is 0 Å². The Morgan fingerprint density at radius 3 is 2.12 bits per heavy atom. The Kier molecular flexibility index (Phi) is 5.79. The van der Waals surface area contributed by atoms with Gasteiger partial charge >= 0.3 is 18.0 Å². The molecule has 0 unspecified atom stereocenters. The summed E-state index contributed by atoms with van der Waals surface area (Å²) >= 11 is 5.87. The fourth-order valence-corrected chi connectivity index (χ4v) is 1.89. The van der Waals surface area contributed by atoms with E-state index < -0.39 is 30.5 Å².